The van der Waals surface area contributed by atoms with Gasteiger partial charge in [-0.1, -0.05) is 18.4 Å². The second-order valence-corrected chi connectivity index (χ2v) is 9.57. The van der Waals surface area contributed by atoms with Gasteiger partial charge in [0, 0.05) is 45.5 Å². The van der Waals surface area contributed by atoms with Gasteiger partial charge >= 0.3 is 11.9 Å². The first-order chi connectivity index (χ1) is 18.5. The highest BCUT2D eigenvalue weighted by atomic mass is 19.4. The molecular weight excluding hydrogens is 518 g/mol. The van der Waals surface area contributed by atoms with Crippen LogP contribution in [-0.4, -0.2) is 92.6 Å². The van der Waals surface area contributed by atoms with E-state index in [1.54, 1.807) is 6.07 Å². The quantitative estimate of drug-likeness (QED) is 0.285. The van der Waals surface area contributed by atoms with E-state index >= 15 is 0 Å². The fraction of sp³-hybridized carbons (Fsp3) is 0.385. The third kappa shape index (κ3) is 5.17. The lowest BCUT2D eigenvalue weighted by molar-refractivity contribution is -0.141. The Hall–Kier alpha value is -4.02. The van der Waals surface area contributed by atoms with E-state index < -0.39 is 35.3 Å². The van der Waals surface area contributed by atoms with Crippen LogP contribution in [0.5, 0.6) is 0 Å². The van der Waals surface area contributed by atoms with E-state index in [-0.39, 0.29) is 24.4 Å². The number of imidazole rings is 1. The lowest BCUT2D eigenvalue weighted by Crippen LogP contribution is -2.52. The summed E-state index contributed by atoms with van der Waals surface area (Å²) in [4.78, 5) is 39.2. The second kappa shape index (κ2) is 10.3. The van der Waals surface area contributed by atoms with E-state index in [1.807, 2.05) is 0 Å². The fourth-order valence-corrected chi connectivity index (χ4v) is 4.70. The average molecular weight is 544 g/mol. The van der Waals surface area contributed by atoms with Crippen LogP contribution in [-0.2, 0) is 11.0 Å². The highest BCUT2D eigenvalue weighted by Gasteiger charge is 2.37. The SMILES string of the molecule is C=C(F)C(=O)N1CC(n2c(=O)n(-c3ccc(C(F)(F)F)nc3)c3nccc(C#CCN4CCN(C)CC4)c32)C1. The van der Waals surface area contributed by atoms with Crippen LogP contribution in [0.4, 0.5) is 17.6 Å². The van der Waals surface area contributed by atoms with Gasteiger partial charge in [-0.3, -0.25) is 14.3 Å². The molecule has 5 rings (SSSR count). The molecule has 3 aromatic heterocycles. The first kappa shape index (κ1) is 26.6. The van der Waals surface area contributed by atoms with Crippen molar-refractivity contribution in [3.63, 3.8) is 0 Å². The number of fused-ring (bicyclic) bond motifs is 1. The van der Waals surface area contributed by atoms with Gasteiger partial charge in [0.1, 0.15) is 11.2 Å². The van der Waals surface area contributed by atoms with Crippen LogP contribution in [0.1, 0.15) is 17.3 Å². The molecule has 0 atom stereocenters. The zero-order chi connectivity index (χ0) is 27.9. The zero-order valence-corrected chi connectivity index (χ0v) is 21.1. The van der Waals surface area contributed by atoms with Gasteiger partial charge in [-0.05, 0) is 25.2 Å². The molecule has 0 unspecified atom stereocenters. The van der Waals surface area contributed by atoms with Gasteiger partial charge in [0.2, 0.25) is 0 Å². The summed E-state index contributed by atoms with van der Waals surface area (Å²) in [6.07, 6.45) is -2.20. The molecule has 0 aliphatic carbocycles. The summed E-state index contributed by atoms with van der Waals surface area (Å²) in [6.45, 7) is 7.29. The average Bonchev–Trinajstić information content (AvgIpc) is 3.16. The first-order valence-electron chi connectivity index (χ1n) is 12.2. The number of carbonyl (C=O) groups excluding carboxylic acids is 1. The van der Waals surface area contributed by atoms with Crippen molar-refractivity contribution in [2.75, 3.05) is 52.9 Å². The van der Waals surface area contributed by atoms with Gasteiger partial charge in [-0.15, -0.1) is 0 Å². The molecule has 1 amide bonds. The van der Waals surface area contributed by atoms with E-state index in [0.29, 0.717) is 17.6 Å². The van der Waals surface area contributed by atoms with Gasteiger partial charge in [0.25, 0.3) is 5.91 Å². The number of likely N-dealkylation sites (N-methyl/N-ethyl adjacent to an activating group) is 1. The standard InChI is InChI=1S/C26H25F4N7O2/c1-17(27)24(38)35-15-20(16-35)36-22-18(4-3-9-34-12-10-33(2)11-13-34)7-8-31-23(22)37(25(36)39)19-5-6-21(32-14-19)26(28,29)30/h5-8,14,20H,1,9-13,15-16H2,2H3. The molecule has 39 heavy (non-hydrogen) atoms. The molecule has 0 aromatic carbocycles. The number of likely N-dealkylation sites (tertiary alicyclic amines) is 1. The molecule has 0 radical (unpaired) electrons. The Balaban J connectivity index is 1.56. The molecule has 0 spiro atoms. The molecular formula is C26H25F4N7O2. The molecule has 2 saturated heterocycles. The number of halogens is 4. The van der Waals surface area contributed by atoms with Crippen molar-refractivity contribution in [3.05, 3.63) is 64.7 Å². The smallest absolute Gasteiger partial charge is 0.332 e. The minimum atomic E-state index is -4.63. The summed E-state index contributed by atoms with van der Waals surface area (Å²) >= 11 is 0. The molecule has 0 bridgehead atoms. The van der Waals surface area contributed by atoms with Crippen molar-refractivity contribution < 1.29 is 22.4 Å². The monoisotopic (exact) mass is 543 g/mol. The van der Waals surface area contributed by atoms with Crippen molar-refractivity contribution in [2.24, 2.45) is 0 Å². The maximum absolute atomic E-state index is 13.7. The minimum Gasteiger partial charge on any atom is -0.332 e. The number of carbonyl (C=O) groups is 1. The van der Waals surface area contributed by atoms with Gasteiger partial charge < -0.3 is 9.80 Å². The second-order valence-electron chi connectivity index (χ2n) is 9.57. The molecule has 5 heterocycles. The van der Waals surface area contributed by atoms with Crippen molar-refractivity contribution in [1.82, 2.24) is 33.8 Å². The van der Waals surface area contributed by atoms with Crippen LogP contribution in [0, 0.1) is 11.8 Å². The summed E-state index contributed by atoms with van der Waals surface area (Å²) in [5.74, 6) is 4.32. The lowest BCUT2D eigenvalue weighted by Gasteiger charge is -2.39. The van der Waals surface area contributed by atoms with Crippen LogP contribution >= 0.6 is 0 Å². The van der Waals surface area contributed by atoms with Crippen LogP contribution < -0.4 is 5.69 Å². The van der Waals surface area contributed by atoms with Crippen molar-refractivity contribution in [1.29, 1.82) is 0 Å². The zero-order valence-electron chi connectivity index (χ0n) is 21.1. The summed E-state index contributed by atoms with van der Waals surface area (Å²) in [6, 6.07) is 3.09. The maximum atomic E-state index is 13.7. The van der Waals surface area contributed by atoms with Crippen molar-refractivity contribution >= 4 is 17.1 Å². The van der Waals surface area contributed by atoms with Gasteiger partial charge in [0.05, 0.1) is 30.0 Å². The summed E-state index contributed by atoms with van der Waals surface area (Å²) in [5.41, 5.74) is -0.507. The van der Waals surface area contributed by atoms with Crippen LogP contribution in [0.15, 0.2) is 47.8 Å². The molecule has 9 nitrogen and oxygen atoms in total. The van der Waals surface area contributed by atoms with Gasteiger partial charge in [-0.25, -0.2) is 23.7 Å². The molecule has 0 N–H and O–H groups in total. The normalized spacial score (nSPS) is 17.1. The van der Waals surface area contributed by atoms with Crippen LogP contribution in [0.3, 0.4) is 0 Å². The van der Waals surface area contributed by atoms with E-state index in [9.17, 15) is 27.2 Å². The Morgan fingerprint density at radius 2 is 1.85 bits per heavy atom. The van der Waals surface area contributed by atoms with Gasteiger partial charge in [-0.2, -0.15) is 13.2 Å². The predicted molar refractivity (Wildman–Crippen MR) is 135 cm³/mol. The molecule has 3 aromatic rings. The van der Waals surface area contributed by atoms with Crippen molar-refractivity contribution in [2.45, 2.75) is 12.2 Å². The maximum Gasteiger partial charge on any atom is 0.433 e. The predicted octanol–water partition coefficient (Wildman–Crippen LogP) is 2.07. The molecule has 2 fully saturated rings. The number of aromatic nitrogens is 4. The Bertz CT molecular complexity index is 1530. The number of piperazine rings is 1. The van der Waals surface area contributed by atoms with Crippen LogP contribution in [0.25, 0.3) is 16.9 Å². The highest BCUT2D eigenvalue weighted by molar-refractivity contribution is 5.91. The van der Waals surface area contributed by atoms with E-state index in [0.717, 1.165) is 44.5 Å². The van der Waals surface area contributed by atoms with E-state index in [2.05, 4.69) is 45.2 Å². The number of hydrogen-bond donors (Lipinski definition) is 0. The number of alkyl halides is 3. The molecule has 204 valence electrons. The number of nitrogens with zero attached hydrogens (tertiary/aromatic N) is 7. The largest absolute Gasteiger partial charge is 0.433 e. The summed E-state index contributed by atoms with van der Waals surface area (Å²) in [7, 11) is 2.06. The van der Waals surface area contributed by atoms with Crippen molar-refractivity contribution in [3.8, 4) is 17.5 Å². The Kier molecular flexibility index (Phi) is 7.00. The van der Waals surface area contributed by atoms with Gasteiger partial charge in [0.15, 0.2) is 11.5 Å². The molecule has 13 heteroatoms. The minimum absolute atomic E-state index is 0.0507. The molecule has 2 aliphatic rings. The number of hydrogen-bond acceptors (Lipinski definition) is 6. The topological polar surface area (TPSA) is 79.5 Å². The Morgan fingerprint density at radius 1 is 1.13 bits per heavy atom. The van der Waals surface area contributed by atoms with Crippen LogP contribution in [0.2, 0.25) is 0 Å². The molecule has 2 aliphatic heterocycles. The number of pyridine rings is 2. The first-order valence-corrected chi connectivity index (χ1v) is 12.2. The summed E-state index contributed by atoms with van der Waals surface area (Å²) < 4.78 is 55.2. The highest BCUT2D eigenvalue weighted by Crippen LogP contribution is 2.30. The number of amides is 1. The lowest BCUT2D eigenvalue weighted by atomic mass is 10.1. The third-order valence-electron chi connectivity index (χ3n) is 6.92. The fourth-order valence-electron chi connectivity index (χ4n) is 4.70. The van der Waals surface area contributed by atoms with E-state index in [4.69, 9.17) is 0 Å². The summed E-state index contributed by atoms with van der Waals surface area (Å²) in [5, 5.41) is 0. The molecule has 0 saturated carbocycles. The Morgan fingerprint density at radius 3 is 2.46 bits per heavy atom. The van der Waals surface area contributed by atoms with E-state index in [1.165, 1.54) is 20.2 Å². The number of rotatable bonds is 4. The Labute approximate surface area is 220 Å². The third-order valence-corrected chi connectivity index (χ3v) is 6.92.